The number of rotatable bonds is 2. The first-order valence-electron chi connectivity index (χ1n) is 6.77. The SMILES string of the molecule is Cc1nnc(C2CCCCCC2)n1C1CC1. The van der Waals surface area contributed by atoms with Crippen molar-refractivity contribution < 1.29 is 0 Å². The van der Waals surface area contributed by atoms with Gasteiger partial charge in [0.25, 0.3) is 0 Å². The zero-order valence-electron chi connectivity index (χ0n) is 10.2. The molecule has 1 aromatic heterocycles. The van der Waals surface area contributed by atoms with E-state index >= 15 is 0 Å². The molecule has 16 heavy (non-hydrogen) atoms. The van der Waals surface area contributed by atoms with Crippen LogP contribution in [0.2, 0.25) is 0 Å². The van der Waals surface area contributed by atoms with Crippen LogP contribution >= 0.6 is 0 Å². The molecule has 2 fully saturated rings. The number of aromatic nitrogens is 3. The minimum absolute atomic E-state index is 0.685. The van der Waals surface area contributed by atoms with Crippen LogP contribution in [0.3, 0.4) is 0 Å². The highest BCUT2D eigenvalue weighted by Gasteiger charge is 2.31. The van der Waals surface area contributed by atoms with Crippen LogP contribution in [-0.2, 0) is 0 Å². The number of nitrogens with zero attached hydrogens (tertiary/aromatic N) is 3. The minimum Gasteiger partial charge on any atom is -0.312 e. The number of hydrogen-bond acceptors (Lipinski definition) is 2. The molecular formula is C13H21N3. The molecule has 0 N–H and O–H groups in total. The van der Waals surface area contributed by atoms with Gasteiger partial charge in [-0.1, -0.05) is 25.7 Å². The van der Waals surface area contributed by atoms with Crippen LogP contribution in [0.15, 0.2) is 0 Å². The van der Waals surface area contributed by atoms with E-state index in [1.807, 2.05) is 0 Å². The van der Waals surface area contributed by atoms with Crippen molar-refractivity contribution in [3.8, 4) is 0 Å². The quantitative estimate of drug-likeness (QED) is 0.714. The van der Waals surface area contributed by atoms with Crippen molar-refractivity contribution in [1.29, 1.82) is 0 Å². The van der Waals surface area contributed by atoms with Crippen LogP contribution in [0, 0.1) is 6.92 Å². The Morgan fingerprint density at radius 1 is 0.938 bits per heavy atom. The van der Waals surface area contributed by atoms with E-state index in [1.165, 1.54) is 57.2 Å². The molecular weight excluding hydrogens is 198 g/mol. The van der Waals surface area contributed by atoms with Gasteiger partial charge in [-0.2, -0.15) is 0 Å². The Balaban J connectivity index is 1.86. The molecule has 0 aromatic carbocycles. The summed E-state index contributed by atoms with van der Waals surface area (Å²) in [6.07, 6.45) is 10.9. The lowest BCUT2D eigenvalue weighted by Crippen LogP contribution is -2.09. The first-order chi connectivity index (χ1) is 7.86. The highest BCUT2D eigenvalue weighted by atomic mass is 15.3. The molecule has 2 aliphatic rings. The summed E-state index contributed by atoms with van der Waals surface area (Å²) >= 11 is 0. The van der Waals surface area contributed by atoms with E-state index in [-0.39, 0.29) is 0 Å². The molecule has 2 saturated carbocycles. The fraction of sp³-hybridized carbons (Fsp3) is 0.846. The summed E-state index contributed by atoms with van der Waals surface area (Å²) < 4.78 is 2.43. The van der Waals surface area contributed by atoms with Gasteiger partial charge in [0.1, 0.15) is 11.6 Å². The highest BCUT2D eigenvalue weighted by Crippen LogP contribution is 2.40. The van der Waals surface area contributed by atoms with Gasteiger partial charge in [0.2, 0.25) is 0 Å². The highest BCUT2D eigenvalue weighted by molar-refractivity contribution is 5.06. The topological polar surface area (TPSA) is 30.7 Å². The minimum atomic E-state index is 0.685. The smallest absolute Gasteiger partial charge is 0.136 e. The van der Waals surface area contributed by atoms with E-state index in [1.54, 1.807) is 0 Å². The molecule has 0 saturated heterocycles. The Morgan fingerprint density at radius 3 is 2.25 bits per heavy atom. The predicted octanol–water partition coefficient (Wildman–Crippen LogP) is 3.36. The van der Waals surface area contributed by atoms with Crippen molar-refractivity contribution >= 4 is 0 Å². The second-order valence-electron chi connectivity index (χ2n) is 5.40. The predicted molar refractivity (Wildman–Crippen MR) is 63.5 cm³/mol. The third-order valence-corrected chi connectivity index (χ3v) is 4.02. The van der Waals surface area contributed by atoms with Gasteiger partial charge in [0, 0.05) is 12.0 Å². The second kappa shape index (κ2) is 4.19. The third kappa shape index (κ3) is 1.87. The van der Waals surface area contributed by atoms with Gasteiger partial charge in [-0.15, -0.1) is 10.2 Å². The molecule has 0 spiro atoms. The third-order valence-electron chi connectivity index (χ3n) is 4.02. The Morgan fingerprint density at radius 2 is 1.62 bits per heavy atom. The Kier molecular flexibility index (Phi) is 2.70. The van der Waals surface area contributed by atoms with Gasteiger partial charge < -0.3 is 4.57 Å². The summed E-state index contributed by atoms with van der Waals surface area (Å²) in [4.78, 5) is 0. The summed E-state index contributed by atoms with van der Waals surface area (Å²) in [5, 5.41) is 8.75. The van der Waals surface area contributed by atoms with Gasteiger partial charge in [0.05, 0.1) is 0 Å². The Hall–Kier alpha value is -0.860. The van der Waals surface area contributed by atoms with Crippen LogP contribution in [0.5, 0.6) is 0 Å². The van der Waals surface area contributed by atoms with Crippen LogP contribution < -0.4 is 0 Å². The molecule has 1 aromatic rings. The molecule has 1 heterocycles. The molecule has 0 aliphatic heterocycles. The van der Waals surface area contributed by atoms with Crippen molar-refractivity contribution in [2.24, 2.45) is 0 Å². The molecule has 3 nitrogen and oxygen atoms in total. The van der Waals surface area contributed by atoms with Crippen molar-refractivity contribution in [3.63, 3.8) is 0 Å². The molecule has 0 bridgehead atoms. The molecule has 0 atom stereocenters. The van der Waals surface area contributed by atoms with E-state index in [0.717, 1.165) is 11.9 Å². The Labute approximate surface area is 97.3 Å². The second-order valence-corrected chi connectivity index (χ2v) is 5.40. The van der Waals surface area contributed by atoms with E-state index in [4.69, 9.17) is 0 Å². The largest absolute Gasteiger partial charge is 0.312 e. The van der Waals surface area contributed by atoms with Crippen molar-refractivity contribution in [2.45, 2.75) is 70.3 Å². The zero-order chi connectivity index (χ0) is 11.0. The number of aryl methyl sites for hydroxylation is 1. The van der Waals surface area contributed by atoms with Crippen molar-refractivity contribution in [2.75, 3.05) is 0 Å². The van der Waals surface area contributed by atoms with Crippen LogP contribution in [-0.4, -0.2) is 14.8 Å². The fourth-order valence-electron chi connectivity index (χ4n) is 2.99. The summed E-state index contributed by atoms with van der Waals surface area (Å²) in [5.74, 6) is 3.10. The average molecular weight is 219 g/mol. The summed E-state index contributed by atoms with van der Waals surface area (Å²) in [6, 6.07) is 0.730. The van der Waals surface area contributed by atoms with Gasteiger partial charge in [-0.05, 0) is 32.6 Å². The lowest BCUT2D eigenvalue weighted by atomic mass is 9.99. The first kappa shape index (κ1) is 10.3. The van der Waals surface area contributed by atoms with Crippen LogP contribution in [0.4, 0.5) is 0 Å². The van der Waals surface area contributed by atoms with E-state index in [0.29, 0.717) is 5.92 Å². The van der Waals surface area contributed by atoms with E-state index in [2.05, 4.69) is 21.7 Å². The molecule has 0 unspecified atom stereocenters. The maximum absolute atomic E-state index is 4.46. The Bertz CT molecular complexity index is 357. The fourth-order valence-corrected chi connectivity index (χ4v) is 2.99. The lowest BCUT2D eigenvalue weighted by Gasteiger charge is -2.15. The zero-order valence-corrected chi connectivity index (χ0v) is 10.2. The first-order valence-corrected chi connectivity index (χ1v) is 6.77. The lowest BCUT2D eigenvalue weighted by molar-refractivity contribution is 0.519. The van der Waals surface area contributed by atoms with Gasteiger partial charge in [-0.25, -0.2) is 0 Å². The standard InChI is InChI=1S/C13H21N3/c1-10-14-15-13(16(10)12-8-9-12)11-6-4-2-3-5-7-11/h11-12H,2-9H2,1H3. The van der Waals surface area contributed by atoms with Gasteiger partial charge in [-0.3, -0.25) is 0 Å². The van der Waals surface area contributed by atoms with E-state index in [9.17, 15) is 0 Å². The molecule has 0 radical (unpaired) electrons. The molecule has 3 heteroatoms. The maximum atomic E-state index is 4.46. The molecule has 3 rings (SSSR count). The number of hydrogen-bond donors (Lipinski definition) is 0. The normalized spacial score (nSPS) is 23.3. The van der Waals surface area contributed by atoms with Crippen molar-refractivity contribution in [3.05, 3.63) is 11.6 Å². The van der Waals surface area contributed by atoms with Gasteiger partial charge >= 0.3 is 0 Å². The summed E-state index contributed by atoms with van der Waals surface area (Å²) in [5.41, 5.74) is 0. The summed E-state index contributed by atoms with van der Waals surface area (Å²) in [7, 11) is 0. The molecule has 2 aliphatic carbocycles. The van der Waals surface area contributed by atoms with Crippen molar-refractivity contribution in [1.82, 2.24) is 14.8 Å². The summed E-state index contributed by atoms with van der Waals surface area (Å²) in [6.45, 7) is 2.10. The maximum Gasteiger partial charge on any atom is 0.136 e. The molecule has 88 valence electrons. The van der Waals surface area contributed by atoms with Crippen LogP contribution in [0.25, 0.3) is 0 Å². The van der Waals surface area contributed by atoms with E-state index < -0.39 is 0 Å². The average Bonchev–Trinajstić information content (AvgIpc) is 3.08. The van der Waals surface area contributed by atoms with Crippen LogP contribution in [0.1, 0.15) is 75.0 Å². The van der Waals surface area contributed by atoms with Gasteiger partial charge in [0.15, 0.2) is 0 Å². The molecule has 0 amide bonds. The monoisotopic (exact) mass is 219 g/mol.